The maximum Gasteiger partial charge on any atom is 0.239 e. The minimum Gasteiger partial charge on any atom is -0.497 e. The third kappa shape index (κ3) is 4.23. The van der Waals surface area contributed by atoms with Crippen molar-refractivity contribution in [2.45, 2.75) is 34.6 Å². The molecule has 0 aliphatic heterocycles. The summed E-state index contributed by atoms with van der Waals surface area (Å²) in [5, 5.41) is 5.69. The number of anilines is 2. The topological polar surface area (TPSA) is 67.4 Å². The monoisotopic (exact) mass is 354 g/mol. The Bertz CT molecular complexity index is 801. The number of nitrogens with one attached hydrogen (secondary N) is 2. The first-order valence-corrected chi connectivity index (χ1v) is 8.50. The molecule has 2 aromatic rings. The highest BCUT2D eigenvalue weighted by atomic mass is 16.5. The van der Waals surface area contributed by atoms with E-state index in [0.29, 0.717) is 11.4 Å². The first-order chi connectivity index (χ1) is 12.1. The summed E-state index contributed by atoms with van der Waals surface area (Å²) in [5.41, 5.74) is 3.22. The molecule has 0 aliphatic carbocycles. The van der Waals surface area contributed by atoms with Gasteiger partial charge in [0.1, 0.15) is 11.2 Å². The van der Waals surface area contributed by atoms with Crippen molar-refractivity contribution >= 4 is 23.2 Å². The predicted octanol–water partition coefficient (Wildman–Crippen LogP) is 4.22. The number of methoxy groups -OCH3 is 1. The molecule has 2 N–H and O–H groups in total. The van der Waals surface area contributed by atoms with Gasteiger partial charge in [-0.15, -0.1) is 0 Å². The summed E-state index contributed by atoms with van der Waals surface area (Å²) in [6, 6.07) is 11.0. The molecule has 0 saturated heterocycles. The molecule has 5 nitrogen and oxygen atoms in total. The van der Waals surface area contributed by atoms with Crippen molar-refractivity contribution < 1.29 is 14.3 Å². The van der Waals surface area contributed by atoms with E-state index in [2.05, 4.69) is 10.6 Å². The van der Waals surface area contributed by atoms with Crippen LogP contribution in [0.25, 0.3) is 0 Å². The van der Waals surface area contributed by atoms with Crippen LogP contribution in [0.3, 0.4) is 0 Å². The molecular formula is C21H26N2O3. The Balaban J connectivity index is 2.14. The fraction of sp³-hybridized carbons (Fsp3) is 0.333. The number of carbonyl (C=O) groups is 2. The highest BCUT2D eigenvalue weighted by Crippen LogP contribution is 2.26. The largest absolute Gasteiger partial charge is 0.497 e. The van der Waals surface area contributed by atoms with Crippen LogP contribution in [0.5, 0.6) is 5.75 Å². The lowest BCUT2D eigenvalue weighted by atomic mass is 9.90. The molecule has 2 rings (SSSR count). The number of hydrogen-bond donors (Lipinski definition) is 2. The van der Waals surface area contributed by atoms with Crippen LogP contribution in [0, 0.1) is 26.2 Å². The summed E-state index contributed by atoms with van der Waals surface area (Å²) in [4.78, 5) is 25.4. The van der Waals surface area contributed by atoms with E-state index in [4.69, 9.17) is 4.74 Å². The summed E-state index contributed by atoms with van der Waals surface area (Å²) in [5.74, 6) is -0.0218. The van der Waals surface area contributed by atoms with E-state index in [-0.39, 0.29) is 11.8 Å². The van der Waals surface area contributed by atoms with E-state index in [0.717, 1.165) is 22.4 Å². The van der Waals surface area contributed by atoms with Crippen LogP contribution in [0.4, 0.5) is 11.4 Å². The van der Waals surface area contributed by atoms with Crippen molar-refractivity contribution in [3.05, 3.63) is 53.1 Å². The Morgan fingerprint density at radius 3 is 1.88 bits per heavy atom. The fourth-order valence-corrected chi connectivity index (χ4v) is 2.71. The molecule has 0 heterocycles. The second-order valence-electron chi connectivity index (χ2n) is 7.04. The number of aryl methyl sites for hydroxylation is 3. The van der Waals surface area contributed by atoms with Crippen molar-refractivity contribution in [2.24, 2.45) is 5.41 Å². The number of carbonyl (C=O) groups excluding carboxylic acids is 2. The SMILES string of the molecule is COc1ccc(NC(=O)C(C)(C)C(=O)Nc2c(C)cc(C)cc2C)cc1. The van der Waals surface area contributed by atoms with Crippen LogP contribution in [0.1, 0.15) is 30.5 Å². The Labute approximate surface area is 154 Å². The summed E-state index contributed by atoms with van der Waals surface area (Å²) < 4.78 is 5.10. The molecule has 2 aromatic carbocycles. The standard InChI is InChI=1S/C21H26N2O3/c1-13-11-14(2)18(15(3)12-13)23-20(25)21(4,5)19(24)22-16-7-9-17(26-6)10-8-16/h7-12H,1-6H3,(H,22,24)(H,23,25). The molecule has 2 amide bonds. The van der Waals surface area contributed by atoms with Crippen molar-refractivity contribution in [3.8, 4) is 5.75 Å². The normalized spacial score (nSPS) is 11.0. The van der Waals surface area contributed by atoms with Gasteiger partial charge in [-0.05, 0) is 70.0 Å². The summed E-state index contributed by atoms with van der Waals surface area (Å²) in [6.45, 7) is 9.12. The van der Waals surface area contributed by atoms with E-state index >= 15 is 0 Å². The van der Waals surface area contributed by atoms with E-state index in [1.54, 1.807) is 45.2 Å². The first-order valence-electron chi connectivity index (χ1n) is 8.50. The molecule has 0 fully saturated rings. The molecule has 0 bridgehead atoms. The number of ether oxygens (including phenoxy) is 1. The second-order valence-corrected chi connectivity index (χ2v) is 7.04. The molecule has 26 heavy (non-hydrogen) atoms. The van der Waals surface area contributed by atoms with Gasteiger partial charge in [-0.3, -0.25) is 9.59 Å². The average Bonchev–Trinajstić information content (AvgIpc) is 2.58. The van der Waals surface area contributed by atoms with Crippen LogP contribution in [-0.2, 0) is 9.59 Å². The van der Waals surface area contributed by atoms with Gasteiger partial charge in [0.15, 0.2) is 0 Å². The molecule has 0 saturated carbocycles. The molecular weight excluding hydrogens is 328 g/mol. The lowest BCUT2D eigenvalue weighted by Crippen LogP contribution is -2.41. The molecule has 5 heteroatoms. The highest BCUT2D eigenvalue weighted by Gasteiger charge is 2.36. The predicted molar refractivity (Wildman–Crippen MR) is 105 cm³/mol. The summed E-state index contributed by atoms with van der Waals surface area (Å²) >= 11 is 0. The molecule has 0 unspecified atom stereocenters. The Morgan fingerprint density at radius 2 is 1.38 bits per heavy atom. The van der Waals surface area contributed by atoms with Crippen LogP contribution < -0.4 is 15.4 Å². The highest BCUT2D eigenvalue weighted by molar-refractivity contribution is 6.14. The smallest absolute Gasteiger partial charge is 0.239 e. The third-order valence-corrected chi connectivity index (χ3v) is 4.40. The minimum atomic E-state index is -1.23. The molecule has 0 aromatic heterocycles. The Kier molecular flexibility index (Phi) is 5.70. The maximum atomic E-state index is 12.8. The number of hydrogen-bond acceptors (Lipinski definition) is 3. The number of rotatable bonds is 5. The summed E-state index contributed by atoms with van der Waals surface area (Å²) in [6.07, 6.45) is 0. The zero-order valence-corrected chi connectivity index (χ0v) is 16.2. The van der Waals surface area contributed by atoms with Crippen molar-refractivity contribution in [2.75, 3.05) is 17.7 Å². The quantitative estimate of drug-likeness (QED) is 0.790. The molecule has 0 aliphatic rings. The molecule has 0 atom stereocenters. The lowest BCUT2D eigenvalue weighted by Gasteiger charge is -2.24. The summed E-state index contributed by atoms with van der Waals surface area (Å²) in [7, 11) is 1.58. The van der Waals surface area contributed by atoms with Gasteiger partial charge in [-0.25, -0.2) is 0 Å². The van der Waals surface area contributed by atoms with Crippen molar-refractivity contribution in [3.63, 3.8) is 0 Å². The Morgan fingerprint density at radius 1 is 0.885 bits per heavy atom. The van der Waals surface area contributed by atoms with Crippen LogP contribution in [-0.4, -0.2) is 18.9 Å². The van der Waals surface area contributed by atoms with Crippen LogP contribution in [0.15, 0.2) is 36.4 Å². The fourth-order valence-electron chi connectivity index (χ4n) is 2.71. The zero-order chi connectivity index (χ0) is 19.5. The average molecular weight is 354 g/mol. The minimum absolute atomic E-state index is 0.349. The van der Waals surface area contributed by atoms with Gasteiger partial charge >= 0.3 is 0 Å². The maximum absolute atomic E-state index is 12.8. The van der Waals surface area contributed by atoms with E-state index < -0.39 is 5.41 Å². The Hall–Kier alpha value is -2.82. The van der Waals surface area contributed by atoms with E-state index in [1.165, 1.54) is 0 Å². The van der Waals surface area contributed by atoms with Crippen LogP contribution in [0.2, 0.25) is 0 Å². The van der Waals surface area contributed by atoms with Gasteiger partial charge in [-0.2, -0.15) is 0 Å². The van der Waals surface area contributed by atoms with Gasteiger partial charge in [0.2, 0.25) is 11.8 Å². The van der Waals surface area contributed by atoms with Crippen molar-refractivity contribution in [1.82, 2.24) is 0 Å². The third-order valence-electron chi connectivity index (χ3n) is 4.40. The van der Waals surface area contributed by atoms with Gasteiger partial charge in [-0.1, -0.05) is 17.7 Å². The molecule has 0 radical (unpaired) electrons. The van der Waals surface area contributed by atoms with Gasteiger partial charge in [0, 0.05) is 11.4 Å². The van der Waals surface area contributed by atoms with E-state index in [9.17, 15) is 9.59 Å². The second kappa shape index (κ2) is 7.60. The molecule has 0 spiro atoms. The zero-order valence-electron chi connectivity index (χ0n) is 16.2. The first kappa shape index (κ1) is 19.5. The van der Waals surface area contributed by atoms with E-state index in [1.807, 2.05) is 32.9 Å². The van der Waals surface area contributed by atoms with Gasteiger partial charge in [0.05, 0.1) is 7.11 Å². The van der Waals surface area contributed by atoms with Crippen LogP contribution >= 0.6 is 0 Å². The lowest BCUT2D eigenvalue weighted by molar-refractivity contribution is -0.135. The number of benzene rings is 2. The van der Waals surface area contributed by atoms with Gasteiger partial charge in [0.25, 0.3) is 0 Å². The van der Waals surface area contributed by atoms with Gasteiger partial charge < -0.3 is 15.4 Å². The molecule has 138 valence electrons. The van der Waals surface area contributed by atoms with Crippen molar-refractivity contribution in [1.29, 1.82) is 0 Å². The number of amides is 2.